The van der Waals surface area contributed by atoms with Crippen LogP contribution < -0.4 is 10.6 Å². The van der Waals surface area contributed by atoms with E-state index in [0.717, 1.165) is 5.69 Å². The van der Waals surface area contributed by atoms with E-state index in [1.807, 2.05) is 0 Å². The molecule has 1 heterocycles. The minimum Gasteiger partial charge on any atom is -0.465 e. The number of carbonyl (C=O) groups is 2. The van der Waals surface area contributed by atoms with Gasteiger partial charge in [-0.2, -0.15) is 0 Å². The molecule has 2 aromatic carbocycles. The lowest BCUT2D eigenvalue weighted by Crippen LogP contribution is -2.26. The van der Waals surface area contributed by atoms with Gasteiger partial charge in [-0.15, -0.1) is 0 Å². The molecule has 1 aromatic heterocycles. The molecule has 6 nitrogen and oxygen atoms in total. The first kappa shape index (κ1) is 20.0. The van der Waals surface area contributed by atoms with Crippen LogP contribution in [0.15, 0.2) is 66.9 Å². The Balaban J connectivity index is 1.53. The van der Waals surface area contributed by atoms with E-state index in [1.165, 1.54) is 13.2 Å². The van der Waals surface area contributed by atoms with E-state index in [2.05, 4.69) is 20.4 Å². The summed E-state index contributed by atoms with van der Waals surface area (Å²) < 4.78 is 18.2. The zero-order valence-corrected chi connectivity index (χ0v) is 15.8. The molecule has 148 valence electrons. The van der Waals surface area contributed by atoms with Crippen LogP contribution in [0.3, 0.4) is 0 Å². The van der Waals surface area contributed by atoms with Crippen LogP contribution in [0.1, 0.15) is 26.4 Å². The van der Waals surface area contributed by atoms with Gasteiger partial charge in [0.15, 0.2) is 0 Å². The predicted molar refractivity (Wildman–Crippen MR) is 108 cm³/mol. The highest BCUT2D eigenvalue weighted by Gasteiger charge is 2.08. The van der Waals surface area contributed by atoms with Crippen molar-refractivity contribution in [2.45, 2.75) is 6.42 Å². The van der Waals surface area contributed by atoms with Gasteiger partial charge in [-0.3, -0.25) is 4.79 Å². The zero-order chi connectivity index (χ0) is 20.6. The number of hydrogen-bond acceptors (Lipinski definition) is 5. The van der Waals surface area contributed by atoms with Crippen molar-refractivity contribution in [3.8, 4) is 0 Å². The molecule has 0 unspecified atom stereocenters. The molecule has 0 fully saturated rings. The number of nitrogens with zero attached hydrogens (tertiary/aromatic N) is 1. The summed E-state index contributed by atoms with van der Waals surface area (Å²) in [5, 5.41) is 5.87. The lowest BCUT2D eigenvalue weighted by Gasteiger charge is -2.08. The smallest absolute Gasteiger partial charge is 0.337 e. The molecule has 3 rings (SSSR count). The summed E-state index contributed by atoms with van der Waals surface area (Å²) in [5.41, 5.74) is 2.74. The molecule has 1 amide bonds. The standard InChI is InChI=1S/C22H20FN3O3/c1-29-22(28)16-6-8-17(9-7-16)26-18-10-11-20(25-14-18)21(27)24-13-12-15-4-2-3-5-19(15)23/h2-11,14,26H,12-13H2,1H3,(H,24,27). The van der Waals surface area contributed by atoms with Gasteiger partial charge in [-0.1, -0.05) is 18.2 Å². The van der Waals surface area contributed by atoms with Crippen molar-refractivity contribution in [3.05, 3.63) is 89.5 Å². The topological polar surface area (TPSA) is 80.3 Å². The lowest BCUT2D eigenvalue weighted by molar-refractivity contribution is 0.0600. The van der Waals surface area contributed by atoms with Crippen molar-refractivity contribution >= 4 is 23.3 Å². The second kappa shape index (κ2) is 9.45. The largest absolute Gasteiger partial charge is 0.465 e. The van der Waals surface area contributed by atoms with Gasteiger partial charge in [0.05, 0.1) is 24.6 Å². The number of pyridine rings is 1. The summed E-state index contributed by atoms with van der Waals surface area (Å²) in [6.45, 7) is 0.313. The van der Waals surface area contributed by atoms with Crippen molar-refractivity contribution in [2.24, 2.45) is 0 Å². The first-order valence-corrected chi connectivity index (χ1v) is 9.00. The van der Waals surface area contributed by atoms with Gasteiger partial charge in [-0.05, 0) is 54.4 Å². The molecule has 0 bridgehead atoms. The highest BCUT2D eigenvalue weighted by molar-refractivity contribution is 5.92. The van der Waals surface area contributed by atoms with Crippen LogP contribution in [0.5, 0.6) is 0 Å². The lowest BCUT2D eigenvalue weighted by atomic mass is 10.1. The molecule has 0 spiro atoms. The van der Waals surface area contributed by atoms with E-state index >= 15 is 0 Å². The van der Waals surface area contributed by atoms with E-state index in [0.29, 0.717) is 29.8 Å². The summed E-state index contributed by atoms with van der Waals surface area (Å²) in [5.74, 6) is -1.01. The Morgan fingerprint density at radius 3 is 2.38 bits per heavy atom. The highest BCUT2D eigenvalue weighted by Crippen LogP contribution is 2.17. The van der Waals surface area contributed by atoms with Gasteiger partial charge < -0.3 is 15.4 Å². The number of carbonyl (C=O) groups excluding carboxylic acids is 2. The quantitative estimate of drug-likeness (QED) is 0.598. The fourth-order valence-electron chi connectivity index (χ4n) is 2.68. The number of nitrogens with one attached hydrogen (secondary N) is 2. The summed E-state index contributed by atoms with van der Waals surface area (Å²) in [4.78, 5) is 27.8. The third-order valence-corrected chi connectivity index (χ3v) is 4.23. The maximum absolute atomic E-state index is 13.6. The monoisotopic (exact) mass is 393 g/mol. The molecule has 0 aliphatic heterocycles. The Bertz CT molecular complexity index is 989. The average molecular weight is 393 g/mol. The SMILES string of the molecule is COC(=O)c1ccc(Nc2ccc(C(=O)NCCc3ccccc3F)nc2)cc1. The average Bonchev–Trinajstić information content (AvgIpc) is 2.75. The summed E-state index contributed by atoms with van der Waals surface area (Å²) in [7, 11) is 1.33. The number of halogens is 1. The fraction of sp³-hybridized carbons (Fsp3) is 0.136. The molecule has 0 aliphatic rings. The van der Waals surface area contributed by atoms with Gasteiger partial charge >= 0.3 is 5.97 Å². The predicted octanol–water partition coefficient (Wildman–Crippen LogP) is 3.72. The number of amides is 1. The normalized spacial score (nSPS) is 10.3. The molecule has 0 atom stereocenters. The number of aromatic nitrogens is 1. The molecule has 2 N–H and O–H groups in total. The van der Waals surface area contributed by atoms with Crippen molar-refractivity contribution in [3.63, 3.8) is 0 Å². The number of anilines is 2. The van der Waals surface area contributed by atoms with Crippen LogP contribution in [0.25, 0.3) is 0 Å². The number of esters is 1. The molecular formula is C22H20FN3O3. The Kier molecular flexibility index (Phi) is 6.52. The van der Waals surface area contributed by atoms with E-state index in [4.69, 9.17) is 0 Å². The minimum atomic E-state index is -0.399. The second-order valence-corrected chi connectivity index (χ2v) is 6.22. The summed E-state index contributed by atoms with van der Waals surface area (Å²) >= 11 is 0. The molecule has 29 heavy (non-hydrogen) atoms. The van der Waals surface area contributed by atoms with Gasteiger partial charge in [0.2, 0.25) is 0 Å². The van der Waals surface area contributed by atoms with Gasteiger partial charge in [0, 0.05) is 12.2 Å². The Hall–Kier alpha value is -3.74. The van der Waals surface area contributed by atoms with Crippen LogP contribution >= 0.6 is 0 Å². The molecule has 0 saturated carbocycles. The van der Waals surface area contributed by atoms with E-state index in [-0.39, 0.29) is 17.4 Å². The van der Waals surface area contributed by atoms with Crippen molar-refractivity contribution in [1.29, 1.82) is 0 Å². The molecule has 0 aliphatic carbocycles. The molecule has 0 saturated heterocycles. The molecule has 3 aromatic rings. The van der Waals surface area contributed by atoms with E-state index in [9.17, 15) is 14.0 Å². The number of rotatable bonds is 7. The Morgan fingerprint density at radius 1 is 1.00 bits per heavy atom. The summed E-state index contributed by atoms with van der Waals surface area (Å²) in [6, 6.07) is 16.6. The molecule has 0 radical (unpaired) electrons. The number of benzene rings is 2. The maximum atomic E-state index is 13.6. The van der Waals surface area contributed by atoms with E-state index < -0.39 is 5.97 Å². The minimum absolute atomic E-state index is 0.269. The van der Waals surface area contributed by atoms with Crippen LogP contribution in [-0.4, -0.2) is 30.5 Å². The maximum Gasteiger partial charge on any atom is 0.337 e. The fourth-order valence-corrected chi connectivity index (χ4v) is 2.68. The van der Waals surface area contributed by atoms with Crippen molar-refractivity contribution in [1.82, 2.24) is 10.3 Å². The van der Waals surface area contributed by atoms with Crippen LogP contribution in [0.4, 0.5) is 15.8 Å². The first-order chi connectivity index (χ1) is 14.1. The highest BCUT2D eigenvalue weighted by atomic mass is 19.1. The number of ether oxygens (including phenoxy) is 1. The number of hydrogen-bond donors (Lipinski definition) is 2. The van der Waals surface area contributed by atoms with Crippen molar-refractivity contribution in [2.75, 3.05) is 19.0 Å². The van der Waals surface area contributed by atoms with Gasteiger partial charge in [0.1, 0.15) is 11.5 Å². The third kappa shape index (κ3) is 5.38. The van der Waals surface area contributed by atoms with Crippen molar-refractivity contribution < 1.29 is 18.7 Å². The summed E-state index contributed by atoms with van der Waals surface area (Å²) in [6.07, 6.45) is 1.94. The Morgan fingerprint density at radius 2 is 1.72 bits per heavy atom. The Labute approximate surface area is 167 Å². The zero-order valence-electron chi connectivity index (χ0n) is 15.8. The number of methoxy groups -OCH3 is 1. The van der Waals surface area contributed by atoms with E-state index in [1.54, 1.807) is 60.8 Å². The van der Waals surface area contributed by atoms with Crippen LogP contribution in [0.2, 0.25) is 0 Å². The van der Waals surface area contributed by atoms with Crippen LogP contribution in [0, 0.1) is 5.82 Å². The van der Waals surface area contributed by atoms with Gasteiger partial charge in [0.25, 0.3) is 5.91 Å². The second-order valence-electron chi connectivity index (χ2n) is 6.22. The molecular weight excluding hydrogens is 373 g/mol. The third-order valence-electron chi connectivity index (χ3n) is 4.23. The molecule has 7 heteroatoms. The van der Waals surface area contributed by atoms with Gasteiger partial charge in [-0.25, -0.2) is 14.2 Å². The first-order valence-electron chi connectivity index (χ1n) is 9.00. The van der Waals surface area contributed by atoms with Crippen LogP contribution in [-0.2, 0) is 11.2 Å².